The highest BCUT2D eigenvalue weighted by molar-refractivity contribution is 5.74. The third kappa shape index (κ3) is 1.52. The van der Waals surface area contributed by atoms with Gasteiger partial charge in [0.25, 0.3) is 0 Å². The summed E-state index contributed by atoms with van der Waals surface area (Å²) in [4.78, 5) is 10.5. The first kappa shape index (κ1) is 8.49. The fourth-order valence-corrected chi connectivity index (χ4v) is 1.55. The van der Waals surface area contributed by atoms with Gasteiger partial charge in [0.15, 0.2) is 0 Å². The Labute approximate surface area is 65.2 Å². The molecular formula is C7H13NO3. The summed E-state index contributed by atoms with van der Waals surface area (Å²) in [6, 6.07) is -0.560. The van der Waals surface area contributed by atoms with Crippen molar-refractivity contribution >= 4 is 5.97 Å². The minimum atomic E-state index is -0.867. The van der Waals surface area contributed by atoms with Gasteiger partial charge in [0.05, 0.1) is 6.10 Å². The van der Waals surface area contributed by atoms with Crippen LogP contribution in [0.1, 0.15) is 13.3 Å². The lowest BCUT2D eigenvalue weighted by atomic mass is 9.96. The lowest BCUT2D eigenvalue weighted by molar-refractivity contribution is -0.140. The molecule has 1 fully saturated rings. The molecule has 0 spiro atoms. The van der Waals surface area contributed by atoms with Crippen LogP contribution >= 0.6 is 0 Å². The van der Waals surface area contributed by atoms with Crippen molar-refractivity contribution in [1.82, 2.24) is 5.32 Å². The predicted molar refractivity (Wildman–Crippen MR) is 39.2 cm³/mol. The van der Waals surface area contributed by atoms with Crippen molar-refractivity contribution in [1.29, 1.82) is 0 Å². The van der Waals surface area contributed by atoms with Gasteiger partial charge in [0.2, 0.25) is 0 Å². The molecule has 3 atom stereocenters. The molecule has 0 saturated carbocycles. The Bertz CT molecular complexity index is 160. The second-order valence-electron chi connectivity index (χ2n) is 2.86. The fourth-order valence-electron chi connectivity index (χ4n) is 1.55. The number of aliphatic hydroxyl groups excluding tert-OH is 1. The number of nitrogens with one attached hydrogen (secondary N) is 1. The summed E-state index contributed by atoms with van der Waals surface area (Å²) in [6.07, 6.45) is 0.201. The van der Waals surface area contributed by atoms with Crippen LogP contribution in [0.3, 0.4) is 0 Å². The summed E-state index contributed by atoms with van der Waals surface area (Å²) >= 11 is 0. The minimum absolute atomic E-state index is 0.132. The molecule has 0 aliphatic carbocycles. The van der Waals surface area contributed by atoms with Gasteiger partial charge < -0.3 is 15.5 Å². The lowest BCUT2D eigenvalue weighted by Gasteiger charge is -2.14. The van der Waals surface area contributed by atoms with E-state index in [9.17, 15) is 9.90 Å². The highest BCUT2D eigenvalue weighted by Gasteiger charge is 2.37. The molecule has 0 bridgehead atoms. The molecule has 1 heterocycles. The van der Waals surface area contributed by atoms with E-state index in [0.717, 1.165) is 0 Å². The number of aliphatic hydroxyl groups is 1. The summed E-state index contributed by atoms with van der Waals surface area (Å²) in [5.41, 5.74) is 0. The molecule has 0 amide bonds. The number of hydrogen-bond donors (Lipinski definition) is 3. The first-order valence-electron chi connectivity index (χ1n) is 3.81. The summed E-state index contributed by atoms with van der Waals surface area (Å²) < 4.78 is 0. The maximum atomic E-state index is 10.5. The van der Waals surface area contributed by atoms with E-state index in [2.05, 4.69) is 5.32 Å². The minimum Gasteiger partial charge on any atom is -0.480 e. The molecule has 64 valence electrons. The second-order valence-corrected chi connectivity index (χ2v) is 2.86. The number of carboxylic acid groups (broad SMARTS) is 1. The van der Waals surface area contributed by atoms with Gasteiger partial charge >= 0.3 is 5.97 Å². The largest absolute Gasteiger partial charge is 0.480 e. The quantitative estimate of drug-likeness (QED) is 0.504. The zero-order chi connectivity index (χ0) is 8.43. The monoisotopic (exact) mass is 159 g/mol. The summed E-state index contributed by atoms with van der Waals surface area (Å²) in [7, 11) is 0. The highest BCUT2D eigenvalue weighted by atomic mass is 16.4. The Hall–Kier alpha value is -0.610. The molecular weight excluding hydrogens is 146 g/mol. The van der Waals surface area contributed by atoms with E-state index in [1.807, 2.05) is 6.92 Å². The van der Waals surface area contributed by atoms with E-state index in [1.54, 1.807) is 0 Å². The van der Waals surface area contributed by atoms with Gasteiger partial charge in [0.1, 0.15) is 6.04 Å². The predicted octanol–water partition coefficient (Wildman–Crippen LogP) is -0.570. The molecule has 1 saturated heterocycles. The standard InChI is InChI=1S/C7H13NO3/c1-2-4-5(9)3-8-6(4)7(10)11/h4-6,8-9H,2-3H2,1H3,(H,10,11)/t4-,5+,6+/m1/s1. The number of β-amino-alcohol motifs (C(OH)–C–C–N with tert-alkyl or cyclic N) is 1. The van der Waals surface area contributed by atoms with E-state index in [-0.39, 0.29) is 5.92 Å². The first-order valence-corrected chi connectivity index (χ1v) is 3.81. The summed E-state index contributed by atoms with van der Waals surface area (Å²) in [5.74, 6) is -0.999. The van der Waals surface area contributed by atoms with Gasteiger partial charge in [-0.2, -0.15) is 0 Å². The van der Waals surface area contributed by atoms with Gasteiger partial charge in [0, 0.05) is 12.5 Å². The molecule has 11 heavy (non-hydrogen) atoms. The molecule has 4 nitrogen and oxygen atoms in total. The molecule has 0 unspecified atom stereocenters. The molecule has 1 rings (SSSR count). The van der Waals surface area contributed by atoms with Crippen molar-refractivity contribution < 1.29 is 15.0 Å². The van der Waals surface area contributed by atoms with E-state index in [1.165, 1.54) is 0 Å². The van der Waals surface area contributed by atoms with Crippen LogP contribution < -0.4 is 5.32 Å². The Kier molecular flexibility index (Phi) is 2.46. The Morgan fingerprint density at radius 1 is 1.73 bits per heavy atom. The van der Waals surface area contributed by atoms with E-state index in [0.29, 0.717) is 13.0 Å². The van der Waals surface area contributed by atoms with Crippen LogP contribution in [0.5, 0.6) is 0 Å². The summed E-state index contributed by atoms with van der Waals surface area (Å²) in [5, 5.41) is 20.7. The number of carbonyl (C=O) groups is 1. The van der Waals surface area contributed by atoms with Crippen molar-refractivity contribution in [3.05, 3.63) is 0 Å². The lowest BCUT2D eigenvalue weighted by Crippen LogP contribution is -2.35. The Morgan fingerprint density at radius 2 is 2.36 bits per heavy atom. The van der Waals surface area contributed by atoms with Crippen LogP contribution in [0.15, 0.2) is 0 Å². The van der Waals surface area contributed by atoms with Crippen LogP contribution in [0.25, 0.3) is 0 Å². The molecule has 4 heteroatoms. The zero-order valence-electron chi connectivity index (χ0n) is 6.45. The molecule has 3 N–H and O–H groups in total. The average molecular weight is 159 g/mol. The Balaban J connectivity index is 2.61. The maximum Gasteiger partial charge on any atom is 0.321 e. The third-order valence-corrected chi connectivity index (χ3v) is 2.21. The molecule has 0 aromatic carbocycles. The topological polar surface area (TPSA) is 69.6 Å². The van der Waals surface area contributed by atoms with Crippen molar-refractivity contribution in [3.63, 3.8) is 0 Å². The maximum absolute atomic E-state index is 10.5. The van der Waals surface area contributed by atoms with E-state index < -0.39 is 18.1 Å². The number of rotatable bonds is 2. The van der Waals surface area contributed by atoms with Crippen LogP contribution in [0.4, 0.5) is 0 Å². The SMILES string of the molecule is CC[C@H]1[C@@H](C(=O)O)NC[C@@H]1O. The highest BCUT2D eigenvalue weighted by Crippen LogP contribution is 2.19. The van der Waals surface area contributed by atoms with Crippen LogP contribution in [0.2, 0.25) is 0 Å². The van der Waals surface area contributed by atoms with Gasteiger partial charge in [-0.3, -0.25) is 4.79 Å². The number of hydrogen-bond acceptors (Lipinski definition) is 3. The third-order valence-electron chi connectivity index (χ3n) is 2.21. The van der Waals surface area contributed by atoms with Crippen LogP contribution in [-0.4, -0.2) is 34.9 Å². The molecule has 1 aliphatic rings. The van der Waals surface area contributed by atoms with Gasteiger partial charge in [-0.15, -0.1) is 0 Å². The molecule has 0 aromatic rings. The van der Waals surface area contributed by atoms with E-state index in [4.69, 9.17) is 5.11 Å². The van der Waals surface area contributed by atoms with Crippen molar-refractivity contribution in [2.75, 3.05) is 6.54 Å². The van der Waals surface area contributed by atoms with E-state index >= 15 is 0 Å². The molecule has 0 radical (unpaired) electrons. The fraction of sp³-hybridized carbons (Fsp3) is 0.857. The molecule has 1 aliphatic heterocycles. The smallest absolute Gasteiger partial charge is 0.321 e. The zero-order valence-corrected chi connectivity index (χ0v) is 6.45. The summed E-state index contributed by atoms with van der Waals surface area (Å²) in [6.45, 7) is 2.28. The molecule has 0 aromatic heterocycles. The normalized spacial score (nSPS) is 37.5. The first-order chi connectivity index (χ1) is 5.16. The van der Waals surface area contributed by atoms with Crippen molar-refractivity contribution in [2.24, 2.45) is 5.92 Å². The van der Waals surface area contributed by atoms with Crippen molar-refractivity contribution in [3.8, 4) is 0 Å². The van der Waals surface area contributed by atoms with Crippen molar-refractivity contribution in [2.45, 2.75) is 25.5 Å². The van der Waals surface area contributed by atoms with Gasteiger partial charge in [-0.05, 0) is 6.42 Å². The van der Waals surface area contributed by atoms with Gasteiger partial charge in [-0.25, -0.2) is 0 Å². The Morgan fingerprint density at radius 3 is 2.73 bits per heavy atom. The van der Waals surface area contributed by atoms with Crippen LogP contribution in [0, 0.1) is 5.92 Å². The van der Waals surface area contributed by atoms with Gasteiger partial charge in [-0.1, -0.05) is 6.92 Å². The second kappa shape index (κ2) is 3.19. The average Bonchev–Trinajstić information content (AvgIpc) is 2.30. The number of aliphatic carboxylic acids is 1. The number of carboxylic acids is 1. The van der Waals surface area contributed by atoms with Crippen LogP contribution in [-0.2, 0) is 4.79 Å².